The van der Waals surface area contributed by atoms with Gasteiger partial charge in [-0.1, -0.05) is 24.3 Å². The van der Waals surface area contributed by atoms with Gasteiger partial charge in [-0.15, -0.1) is 0 Å². The summed E-state index contributed by atoms with van der Waals surface area (Å²) < 4.78 is 8.31. The third-order valence-corrected chi connectivity index (χ3v) is 6.62. The van der Waals surface area contributed by atoms with Crippen LogP contribution in [0.2, 0.25) is 0 Å². The monoisotopic (exact) mass is 422 g/mol. The minimum Gasteiger partial charge on any atom is -0.487 e. The average molecular weight is 423 g/mol. The van der Waals surface area contributed by atoms with Gasteiger partial charge in [0.2, 0.25) is 0 Å². The largest absolute Gasteiger partial charge is 0.487 e. The van der Waals surface area contributed by atoms with Gasteiger partial charge < -0.3 is 19.9 Å². The van der Waals surface area contributed by atoms with Gasteiger partial charge in [-0.25, -0.2) is 0 Å². The molecule has 0 bridgehead atoms. The van der Waals surface area contributed by atoms with E-state index in [4.69, 9.17) is 4.74 Å². The van der Waals surface area contributed by atoms with E-state index in [1.807, 2.05) is 30.7 Å². The van der Waals surface area contributed by atoms with Gasteiger partial charge in [-0.3, -0.25) is 9.79 Å². The summed E-state index contributed by atoms with van der Waals surface area (Å²) in [7, 11) is 1.82. The molecule has 1 aliphatic carbocycles. The van der Waals surface area contributed by atoms with Gasteiger partial charge in [-0.2, -0.15) is 0 Å². The molecular weight excluding hydrogens is 388 g/mol. The summed E-state index contributed by atoms with van der Waals surface area (Å²) in [5, 5.41) is 7.10. The molecule has 166 valence electrons. The number of aliphatic imine (C=N–C) groups is 1. The SMILES string of the molecule is CN=C(NCCCCn1c(C)cccc1=O)NC1CC2(CCCC2)Oc2ccccc21. The quantitative estimate of drug-likeness (QED) is 0.420. The lowest BCUT2D eigenvalue weighted by molar-refractivity contribution is 0.0396. The number of fused-ring (bicyclic) bond motifs is 1. The summed E-state index contributed by atoms with van der Waals surface area (Å²) in [5.41, 5.74) is 2.26. The Bertz CT molecular complexity index is 975. The molecule has 1 atom stereocenters. The van der Waals surface area contributed by atoms with Gasteiger partial charge in [0, 0.05) is 43.9 Å². The van der Waals surface area contributed by atoms with Crippen molar-refractivity contribution in [2.45, 2.75) is 70.1 Å². The van der Waals surface area contributed by atoms with Crippen LogP contribution in [0.15, 0.2) is 52.3 Å². The minimum atomic E-state index is -0.0360. The summed E-state index contributed by atoms with van der Waals surface area (Å²) in [6.45, 7) is 3.54. The highest BCUT2D eigenvalue weighted by atomic mass is 16.5. The Morgan fingerprint density at radius 1 is 1.16 bits per heavy atom. The Balaban J connectivity index is 1.32. The third kappa shape index (κ3) is 4.94. The van der Waals surface area contributed by atoms with Crippen molar-refractivity contribution in [1.29, 1.82) is 0 Å². The average Bonchev–Trinajstić information content (AvgIpc) is 3.21. The van der Waals surface area contributed by atoms with Crippen LogP contribution in [0, 0.1) is 6.92 Å². The molecule has 1 aliphatic heterocycles. The third-order valence-electron chi connectivity index (χ3n) is 6.62. The van der Waals surface area contributed by atoms with E-state index in [1.165, 1.54) is 18.4 Å². The second-order valence-corrected chi connectivity index (χ2v) is 8.79. The summed E-state index contributed by atoms with van der Waals surface area (Å²) in [5.74, 6) is 1.83. The van der Waals surface area contributed by atoms with Crippen LogP contribution in [0.25, 0.3) is 0 Å². The zero-order valence-corrected chi connectivity index (χ0v) is 18.7. The molecule has 6 heteroatoms. The van der Waals surface area contributed by atoms with Crippen LogP contribution in [0.1, 0.15) is 62.2 Å². The van der Waals surface area contributed by atoms with Crippen molar-refractivity contribution < 1.29 is 4.74 Å². The zero-order valence-electron chi connectivity index (χ0n) is 18.7. The van der Waals surface area contributed by atoms with Crippen LogP contribution in [0.5, 0.6) is 5.75 Å². The summed E-state index contributed by atoms with van der Waals surface area (Å²) >= 11 is 0. The van der Waals surface area contributed by atoms with Crippen LogP contribution in [-0.4, -0.2) is 29.7 Å². The van der Waals surface area contributed by atoms with Crippen LogP contribution in [0.3, 0.4) is 0 Å². The highest BCUT2D eigenvalue weighted by molar-refractivity contribution is 5.80. The number of aromatic nitrogens is 1. The molecule has 2 aromatic rings. The van der Waals surface area contributed by atoms with E-state index < -0.39 is 0 Å². The standard InChI is InChI=1S/C25H34N4O2/c1-19-10-9-13-23(30)29(19)17-8-7-16-27-24(26-2)28-21-18-25(14-5-6-15-25)31-22-12-4-3-11-20(21)22/h3-4,9-13,21H,5-8,14-18H2,1-2H3,(H2,26,27,28). The number of pyridine rings is 1. The Hall–Kier alpha value is -2.76. The van der Waals surface area contributed by atoms with Crippen molar-refractivity contribution in [3.8, 4) is 5.75 Å². The van der Waals surface area contributed by atoms with Crippen LogP contribution < -0.4 is 20.9 Å². The number of aryl methyl sites for hydroxylation is 1. The molecule has 0 amide bonds. The number of para-hydroxylation sites is 1. The number of nitrogens with zero attached hydrogens (tertiary/aromatic N) is 2. The molecule has 1 spiro atoms. The first-order valence-corrected chi connectivity index (χ1v) is 11.5. The van der Waals surface area contributed by atoms with E-state index in [1.54, 1.807) is 6.07 Å². The van der Waals surface area contributed by atoms with Gasteiger partial charge in [0.1, 0.15) is 11.4 Å². The van der Waals surface area contributed by atoms with Crippen molar-refractivity contribution in [2.24, 2.45) is 4.99 Å². The predicted molar refractivity (Wildman–Crippen MR) is 125 cm³/mol. The molecule has 1 aromatic carbocycles. The summed E-state index contributed by atoms with van der Waals surface area (Å²) in [6, 6.07) is 14.0. The van der Waals surface area contributed by atoms with E-state index in [0.717, 1.165) is 62.6 Å². The van der Waals surface area contributed by atoms with Crippen molar-refractivity contribution >= 4 is 5.96 Å². The number of nitrogens with one attached hydrogen (secondary N) is 2. The van der Waals surface area contributed by atoms with Crippen molar-refractivity contribution in [3.63, 3.8) is 0 Å². The van der Waals surface area contributed by atoms with Crippen LogP contribution in [0.4, 0.5) is 0 Å². The van der Waals surface area contributed by atoms with Gasteiger partial charge in [-0.05, 0) is 57.6 Å². The van der Waals surface area contributed by atoms with Gasteiger partial charge >= 0.3 is 0 Å². The molecule has 4 rings (SSSR count). The van der Waals surface area contributed by atoms with Crippen molar-refractivity contribution in [1.82, 2.24) is 15.2 Å². The first-order valence-electron chi connectivity index (χ1n) is 11.5. The molecule has 2 heterocycles. The fourth-order valence-corrected chi connectivity index (χ4v) is 4.94. The Kier molecular flexibility index (Phi) is 6.64. The summed E-state index contributed by atoms with van der Waals surface area (Å²) in [4.78, 5) is 16.4. The lowest BCUT2D eigenvalue weighted by atomic mass is 9.86. The molecule has 2 N–H and O–H groups in total. The maximum atomic E-state index is 12.0. The lowest BCUT2D eigenvalue weighted by Crippen LogP contribution is -2.46. The van der Waals surface area contributed by atoms with Gasteiger partial charge in [0.05, 0.1) is 6.04 Å². The molecule has 0 radical (unpaired) electrons. The van der Waals surface area contributed by atoms with E-state index in [9.17, 15) is 4.79 Å². The van der Waals surface area contributed by atoms with E-state index in [0.29, 0.717) is 0 Å². The highest BCUT2D eigenvalue weighted by Crippen LogP contribution is 2.46. The molecule has 1 aromatic heterocycles. The number of unbranched alkanes of at least 4 members (excludes halogenated alkanes) is 1. The van der Waals surface area contributed by atoms with Gasteiger partial charge in [0.15, 0.2) is 5.96 Å². The van der Waals surface area contributed by atoms with Crippen LogP contribution >= 0.6 is 0 Å². The Morgan fingerprint density at radius 2 is 1.97 bits per heavy atom. The number of rotatable bonds is 6. The number of hydrogen-bond donors (Lipinski definition) is 2. The number of ether oxygens (including phenoxy) is 1. The smallest absolute Gasteiger partial charge is 0.250 e. The lowest BCUT2D eigenvalue weighted by Gasteiger charge is -2.40. The fourth-order valence-electron chi connectivity index (χ4n) is 4.94. The molecule has 1 fully saturated rings. The number of benzene rings is 1. The van der Waals surface area contributed by atoms with E-state index in [-0.39, 0.29) is 17.2 Å². The molecule has 1 unspecified atom stereocenters. The maximum Gasteiger partial charge on any atom is 0.250 e. The molecule has 31 heavy (non-hydrogen) atoms. The topological polar surface area (TPSA) is 67.7 Å². The highest BCUT2D eigenvalue weighted by Gasteiger charge is 2.43. The second-order valence-electron chi connectivity index (χ2n) is 8.79. The molecule has 2 aliphatic rings. The Morgan fingerprint density at radius 3 is 2.74 bits per heavy atom. The predicted octanol–water partition coefficient (Wildman–Crippen LogP) is 3.94. The first kappa shape index (κ1) is 21.5. The molecule has 6 nitrogen and oxygen atoms in total. The molecule has 0 saturated heterocycles. The number of guanidine groups is 1. The normalized spacial score (nSPS) is 19.7. The minimum absolute atomic E-state index is 0.0360. The van der Waals surface area contributed by atoms with Crippen LogP contribution in [-0.2, 0) is 6.54 Å². The van der Waals surface area contributed by atoms with Crippen molar-refractivity contribution in [3.05, 3.63) is 64.1 Å². The number of hydrogen-bond acceptors (Lipinski definition) is 3. The van der Waals surface area contributed by atoms with E-state index in [2.05, 4.69) is 39.9 Å². The van der Waals surface area contributed by atoms with Crippen molar-refractivity contribution in [2.75, 3.05) is 13.6 Å². The Labute approximate surface area is 184 Å². The first-order chi connectivity index (χ1) is 15.1. The summed E-state index contributed by atoms with van der Waals surface area (Å²) in [6.07, 6.45) is 7.62. The fraction of sp³-hybridized carbons (Fsp3) is 0.520. The second kappa shape index (κ2) is 9.58. The van der Waals surface area contributed by atoms with Gasteiger partial charge in [0.25, 0.3) is 5.56 Å². The van der Waals surface area contributed by atoms with E-state index >= 15 is 0 Å². The molecule has 1 saturated carbocycles. The zero-order chi connectivity index (χ0) is 21.7. The maximum absolute atomic E-state index is 12.0. The molecular formula is C25H34N4O2.